The van der Waals surface area contributed by atoms with Crippen LogP contribution < -0.4 is 0 Å². The van der Waals surface area contributed by atoms with E-state index < -0.39 is 29.6 Å². The lowest BCUT2D eigenvalue weighted by Gasteiger charge is -2.21. The van der Waals surface area contributed by atoms with E-state index in [1.165, 1.54) is 31.2 Å². The first-order chi connectivity index (χ1) is 13.7. The first-order valence-electron chi connectivity index (χ1n) is 8.68. The number of nitrogens with zero attached hydrogens (tertiary/aromatic N) is 1. The number of carbonyl (C=O) groups is 2. The molecule has 1 heterocycles. The van der Waals surface area contributed by atoms with Crippen molar-refractivity contribution < 1.29 is 32.2 Å². The molecule has 0 amide bonds. The quantitative estimate of drug-likeness (QED) is 0.708. The highest BCUT2D eigenvalue weighted by molar-refractivity contribution is 6.25. The zero-order chi connectivity index (χ0) is 21.2. The summed E-state index contributed by atoms with van der Waals surface area (Å²) in [6, 6.07) is 13.1. The maximum atomic E-state index is 13.2. The number of carbonyl (C=O) groups excluding carboxylic acids is 2. The molecule has 0 aromatic heterocycles. The predicted molar refractivity (Wildman–Crippen MR) is 98.3 cm³/mol. The molecule has 3 rings (SSSR count). The van der Waals surface area contributed by atoms with Gasteiger partial charge in [-0.2, -0.15) is 13.2 Å². The number of Topliss-reactive ketones (excluding diaryl/α,β-unsaturated/α-hetero) is 1. The third kappa shape index (κ3) is 4.26. The van der Waals surface area contributed by atoms with Crippen molar-refractivity contribution in [1.29, 1.82) is 0 Å². The van der Waals surface area contributed by atoms with E-state index in [1.54, 1.807) is 30.3 Å². The lowest BCUT2D eigenvalue weighted by atomic mass is 9.95. The van der Waals surface area contributed by atoms with E-state index in [1.807, 2.05) is 0 Å². The topological polar surface area (TPSA) is 55.8 Å². The summed E-state index contributed by atoms with van der Waals surface area (Å²) in [4.78, 5) is 26.1. The van der Waals surface area contributed by atoms with Crippen LogP contribution in [-0.2, 0) is 25.2 Å². The molecule has 29 heavy (non-hydrogen) atoms. The van der Waals surface area contributed by atoms with Gasteiger partial charge in [-0.3, -0.25) is 9.59 Å². The van der Waals surface area contributed by atoms with Gasteiger partial charge in [0.25, 0.3) is 0 Å². The Labute approximate surface area is 165 Å². The van der Waals surface area contributed by atoms with Crippen molar-refractivity contribution in [2.75, 3.05) is 20.7 Å². The molecule has 8 heteroatoms. The molecule has 1 unspecified atom stereocenters. The van der Waals surface area contributed by atoms with Gasteiger partial charge < -0.3 is 14.4 Å². The molecule has 0 spiro atoms. The van der Waals surface area contributed by atoms with Gasteiger partial charge in [0.1, 0.15) is 6.54 Å². The molecule has 1 aliphatic heterocycles. The van der Waals surface area contributed by atoms with Gasteiger partial charge in [0.2, 0.25) is 11.7 Å². The van der Waals surface area contributed by atoms with Crippen molar-refractivity contribution in [1.82, 2.24) is 4.90 Å². The average Bonchev–Trinajstić information content (AvgIpc) is 3.05. The Hall–Kier alpha value is -3.29. The van der Waals surface area contributed by atoms with Gasteiger partial charge in [-0.05, 0) is 17.7 Å². The van der Waals surface area contributed by atoms with E-state index in [9.17, 15) is 22.8 Å². The second-order valence-corrected chi connectivity index (χ2v) is 6.46. The Morgan fingerprint density at radius 3 is 2.45 bits per heavy atom. The van der Waals surface area contributed by atoms with Crippen LogP contribution >= 0.6 is 0 Å². The van der Waals surface area contributed by atoms with Crippen molar-refractivity contribution >= 4 is 17.3 Å². The van der Waals surface area contributed by atoms with Crippen LogP contribution in [0.2, 0.25) is 0 Å². The number of likely N-dealkylation sites (N-methyl/N-ethyl adjacent to an activating group) is 1. The van der Waals surface area contributed by atoms with Gasteiger partial charge in [0.15, 0.2) is 6.10 Å². The Kier molecular flexibility index (Phi) is 5.63. The molecule has 0 bridgehead atoms. The van der Waals surface area contributed by atoms with E-state index in [0.29, 0.717) is 5.56 Å². The third-order valence-electron chi connectivity index (χ3n) is 4.45. The summed E-state index contributed by atoms with van der Waals surface area (Å²) < 4.78 is 49.9. The van der Waals surface area contributed by atoms with Crippen LogP contribution in [0.25, 0.3) is 5.57 Å². The number of benzene rings is 2. The Morgan fingerprint density at radius 2 is 1.83 bits per heavy atom. The second kappa shape index (κ2) is 7.98. The molecule has 152 valence electrons. The fourth-order valence-corrected chi connectivity index (χ4v) is 3.04. The van der Waals surface area contributed by atoms with Crippen LogP contribution in [0.4, 0.5) is 13.2 Å². The lowest BCUT2D eigenvalue weighted by molar-refractivity contribution is -0.142. The summed E-state index contributed by atoms with van der Waals surface area (Å²) in [5.74, 6) is -1.04. The van der Waals surface area contributed by atoms with Gasteiger partial charge in [-0.25, -0.2) is 0 Å². The van der Waals surface area contributed by atoms with Crippen LogP contribution in [0, 0.1) is 0 Å². The number of halogens is 3. The predicted octanol–water partition coefficient (Wildman–Crippen LogP) is 3.82. The Balaban J connectivity index is 2.07. The van der Waals surface area contributed by atoms with Gasteiger partial charge in [0, 0.05) is 12.6 Å². The molecular formula is C21H18F3NO4. The van der Waals surface area contributed by atoms with Crippen LogP contribution in [0.5, 0.6) is 0 Å². The summed E-state index contributed by atoms with van der Waals surface area (Å²) in [5.41, 5.74) is -0.275. The molecule has 1 aliphatic rings. The second-order valence-electron chi connectivity index (χ2n) is 6.46. The van der Waals surface area contributed by atoms with Crippen molar-refractivity contribution in [3.63, 3.8) is 0 Å². The van der Waals surface area contributed by atoms with Gasteiger partial charge in [-0.1, -0.05) is 42.5 Å². The van der Waals surface area contributed by atoms with Crippen molar-refractivity contribution in [2.24, 2.45) is 0 Å². The summed E-state index contributed by atoms with van der Waals surface area (Å²) in [6.45, 7) is -0.233. The minimum Gasteiger partial charge on any atom is -0.468 e. The number of hydrogen-bond acceptors (Lipinski definition) is 5. The molecule has 2 aromatic rings. The SMILES string of the molecule is COC(=O)CN(C)C1=C(c2cccc(C(F)(F)F)c2)C(=O)C(c2ccccc2)O1. The molecule has 0 saturated heterocycles. The number of alkyl halides is 3. The normalized spacial score (nSPS) is 16.6. The van der Waals surface area contributed by atoms with Gasteiger partial charge in [-0.15, -0.1) is 0 Å². The first-order valence-corrected chi connectivity index (χ1v) is 8.68. The van der Waals surface area contributed by atoms with E-state index in [4.69, 9.17) is 4.74 Å². The van der Waals surface area contributed by atoms with Crippen LogP contribution in [0.3, 0.4) is 0 Å². The maximum Gasteiger partial charge on any atom is 0.416 e. The first kappa shape index (κ1) is 20.4. The number of ketones is 1. The highest BCUT2D eigenvalue weighted by atomic mass is 19.4. The number of rotatable bonds is 5. The largest absolute Gasteiger partial charge is 0.468 e. The van der Waals surface area contributed by atoms with E-state index in [0.717, 1.165) is 12.1 Å². The van der Waals surface area contributed by atoms with Gasteiger partial charge in [0.05, 0.1) is 18.2 Å². The fourth-order valence-electron chi connectivity index (χ4n) is 3.04. The van der Waals surface area contributed by atoms with Crippen LogP contribution in [0.15, 0.2) is 60.5 Å². The summed E-state index contributed by atoms with van der Waals surface area (Å²) in [6.07, 6.45) is -5.58. The maximum absolute atomic E-state index is 13.2. The van der Waals surface area contributed by atoms with Crippen molar-refractivity contribution in [2.45, 2.75) is 12.3 Å². The molecule has 0 aliphatic carbocycles. The Morgan fingerprint density at radius 1 is 1.14 bits per heavy atom. The molecule has 5 nitrogen and oxygen atoms in total. The number of hydrogen-bond donors (Lipinski definition) is 0. The monoisotopic (exact) mass is 405 g/mol. The molecule has 0 N–H and O–H groups in total. The van der Waals surface area contributed by atoms with Crippen molar-refractivity contribution in [3.8, 4) is 0 Å². The van der Waals surface area contributed by atoms with E-state index in [2.05, 4.69) is 4.74 Å². The third-order valence-corrected chi connectivity index (χ3v) is 4.45. The minimum absolute atomic E-state index is 0.0173. The van der Waals surface area contributed by atoms with Gasteiger partial charge >= 0.3 is 12.1 Å². The molecule has 0 fully saturated rings. The lowest BCUT2D eigenvalue weighted by Crippen LogP contribution is -2.27. The zero-order valence-corrected chi connectivity index (χ0v) is 15.7. The standard InChI is InChI=1S/C21H18F3NO4/c1-25(12-16(26)28-2)20-17(14-9-6-10-15(11-14)21(22,23)24)18(27)19(29-20)13-7-4-3-5-8-13/h3-11,19H,12H2,1-2H3. The van der Waals surface area contributed by atoms with Crippen LogP contribution in [0.1, 0.15) is 22.8 Å². The molecular weight excluding hydrogens is 387 g/mol. The minimum atomic E-state index is -4.56. The zero-order valence-electron chi connectivity index (χ0n) is 15.7. The smallest absolute Gasteiger partial charge is 0.416 e. The average molecular weight is 405 g/mol. The Bertz CT molecular complexity index is 954. The highest BCUT2D eigenvalue weighted by Crippen LogP contribution is 2.40. The van der Waals surface area contributed by atoms with Crippen LogP contribution in [-0.4, -0.2) is 37.4 Å². The fraction of sp³-hybridized carbons (Fsp3) is 0.238. The van der Waals surface area contributed by atoms with E-state index >= 15 is 0 Å². The highest BCUT2D eigenvalue weighted by Gasteiger charge is 2.40. The summed E-state index contributed by atoms with van der Waals surface area (Å²) in [7, 11) is 2.71. The number of methoxy groups -OCH3 is 1. The number of ether oxygens (including phenoxy) is 2. The van der Waals surface area contributed by atoms with Crippen molar-refractivity contribution in [3.05, 3.63) is 77.2 Å². The van der Waals surface area contributed by atoms with E-state index in [-0.39, 0.29) is 23.6 Å². The summed E-state index contributed by atoms with van der Waals surface area (Å²) in [5, 5.41) is 0. The number of esters is 1. The molecule has 1 atom stereocenters. The molecule has 0 saturated carbocycles. The molecule has 2 aromatic carbocycles. The molecule has 0 radical (unpaired) electrons. The summed E-state index contributed by atoms with van der Waals surface area (Å²) >= 11 is 0.